The lowest BCUT2D eigenvalue weighted by Gasteiger charge is -2.20. The molecule has 1 heterocycles. The summed E-state index contributed by atoms with van der Waals surface area (Å²) in [7, 11) is -2.65. The van der Waals surface area contributed by atoms with E-state index < -0.39 is 16.3 Å². The SMILES string of the molecule is COc1ccccc1Oc1c(NS(=O)(=O)c2ccc(C(C)(C)C)cc2)nc(CCOC(C)O)nc1OCCO. The van der Waals surface area contributed by atoms with E-state index in [1.165, 1.54) is 26.2 Å². The summed E-state index contributed by atoms with van der Waals surface area (Å²) < 4.78 is 51.6. The second-order valence-corrected chi connectivity index (χ2v) is 11.2. The Morgan fingerprint density at radius 2 is 1.67 bits per heavy atom. The van der Waals surface area contributed by atoms with Gasteiger partial charge in [0.1, 0.15) is 12.4 Å². The molecule has 1 atom stereocenters. The summed E-state index contributed by atoms with van der Waals surface area (Å²) in [4.78, 5) is 8.76. The Morgan fingerprint density at radius 1 is 1.00 bits per heavy atom. The molecule has 0 fully saturated rings. The number of aliphatic hydroxyl groups excluding tert-OH is 2. The molecule has 0 radical (unpaired) electrons. The van der Waals surface area contributed by atoms with Gasteiger partial charge in [-0.25, -0.2) is 13.4 Å². The Morgan fingerprint density at radius 3 is 2.26 bits per heavy atom. The fourth-order valence-corrected chi connectivity index (χ4v) is 4.45. The van der Waals surface area contributed by atoms with Crippen molar-refractivity contribution < 1.29 is 37.6 Å². The number of rotatable bonds is 13. The van der Waals surface area contributed by atoms with E-state index in [4.69, 9.17) is 18.9 Å². The van der Waals surface area contributed by atoms with Gasteiger partial charge in [-0.1, -0.05) is 45.0 Å². The van der Waals surface area contributed by atoms with Crippen molar-refractivity contribution in [3.8, 4) is 23.1 Å². The lowest BCUT2D eigenvalue weighted by atomic mass is 9.87. The highest BCUT2D eigenvalue weighted by Gasteiger charge is 2.25. The summed E-state index contributed by atoms with van der Waals surface area (Å²) >= 11 is 0. The van der Waals surface area contributed by atoms with E-state index in [2.05, 4.69) is 14.7 Å². The highest BCUT2D eigenvalue weighted by atomic mass is 32.2. The zero-order chi connectivity index (χ0) is 28.6. The number of anilines is 1. The van der Waals surface area contributed by atoms with Crippen molar-refractivity contribution in [2.75, 3.05) is 31.7 Å². The number of methoxy groups -OCH3 is 1. The van der Waals surface area contributed by atoms with Gasteiger partial charge in [-0.3, -0.25) is 4.72 Å². The maximum absolute atomic E-state index is 13.4. The van der Waals surface area contributed by atoms with E-state index in [0.29, 0.717) is 5.75 Å². The second-order valence-electron chi connectivity index (χ2n) is 9.55. The van der Waals surface area contributed by atoms with Crippen molar-refractivity contribution in [2.24, 2.45) is 0 Å². The van der Waals surface area contributed by atoms with Crippen LogP contribution >= 0.6 is 0 Å². The van der Waals surface area contributed by atoms with Crippen LogP contribution in [0.15, 0.2) is 53.4 Å². The Kier molecular flexibility index (Phi) is 10.1. The molecule has 212 valence electrons. The van der Waals surface area contributed by atoms with E-state index in [1.807, 2.05) is 20.8 Å². The highest BCUT2D eigenvalue weighted by molar-refractivity contribution is 7.92. The van der Waals surface area contributed by atoms with Crippen molar-refractivity contribution >= 4 is 15.8 Å². The predicted molar refractivity (Wildman–Crippen MR) is 145 cm³/mol. The molecular weight excluding hydrogens is 526 g/mol. The fourth-order valence-electron chi connectivity index (χ4n) is 3.44. The van der Waals surface area contributed by atoms with Gasteiger partial charge >= 0.3 is 0 Å². The molecular formula is C27H35N3O8S. The Balaban J connectivity index is 2.09. The van der Waals surface area contributed by atoms with Crippen LogP contribution < -0.4 is 18.9 Å². The van der Waals surface area contributed by atoms with Crippen LogP contribution in [-0.2, 0) is 26.6 Å². The summed E-state index contributed by atoms with van der Waals surface area (Å²) in [5.74, 6) is 0.401. The van der Waals surface area contributed by atoms with Crippen LogP contribution in [0.4, 0.5) is 5.82 Å². The first-order valence-electron chi connectivity index (χ1n) is 12.3. The summed E-state index contributed by atoms with van der Waals surface area (Å²) in [6.45, 7) is 7.17. The third-order valence-corrected chi connectivity index (χ3v) is 6.79. The van der Waals surface area contributed by atoms with E-state index in [1.54, 1.807) is 36.4 Å². The molecule has 1 aromatic heterocycles. The van der Waals surface area contributed by atoms with E-state index in [9.17, 15) is 18.6 Å². The van der Waals surface area contributed by atoms with Crippen molar-refractivity contribution in [3.05, 3.63) is 59.9 Å². The van der Waals surface area contributed by atoms with Gasteiger partial charge in [-0.05, 0) is 42.2 Å². The molecule has 11 nitrogen and oxygen atoms in total. The molecule has 3 N–H and O–H groups in total. The summed E-state index contributed by atoms with van der Waals surface area (Å²) in [5, 5.41) is 18.8. The van der Waals surface area contributed by atoms with Gasteiger partial charge in [-0.15, -0.1) is 0 Å². The van der Waals surface area contributed by atoms with Crippen LogP contribution in [0.2, 0.25) is 0 Å². The smallest absolute Gasteiger partial charge is 0.263 e. The molecule has 0 aliphatic heterocycles. The monoisotopic (exact) mass is 561 g/mol. The minimum absolute atomic E-state index is 0.0224. The number of hydrogen-bond donors (Lipinski definition) is 3. The molecule has 0 bridgehead atoms. The van der Waals surface area contributed by atoms with Crippen LogP contribution in [-0.4, -0.2) is 61.8 Å². The number of nitrogens with zero attached hydrogens (tertiary/aromatic N) is 2. The largest absolute Gasteiger partial charge is 0.493 e. The van der Waals surface area contributed by atoms with Crippen LogP contribution in [0.25, 0.3) is 0 Å². The molecule has 0 saturated heterocycles. The van der Waals surface area contributed by atoms with E-state index >= 15 is 0 Å². The second kappa shape index (κ2) is 13.1. The molecule has 3 rings (SSSR count). The normalized spacial score (nSPS) is 12.6. The Labute approximate surface area is 228 Å². The number of sulfonamides is 1. The molecule has 0 spiro atoms. The molecule has 0 aliphatic rings. The first kappa shape index (κ1) is 30.1. The lowest BCUT2D eigenvalue weighted by Crippen LogP contribution is -2.18. The molecule has 39 heavy (non-hydrogen) atoms. The number of aliphatic hydroxyl groups is 2. The topological polar surface area (TPSA) is 149 Å². The highest BCUT2D eigenvalue weighted by Crippen LogP contribution is 2.40. The molecule has 0 amide bonds. The number of para-hydroxylation sites is 2. The van der Waals surface area contributed by atoms with Gasteiger partial charge in [0.15, 0.2) is 23.6 Å². The lowest BCUT2D eigenvalue weighted by molar-refractivity contribution is -0.0841. The van der Waals surface area contributed by atoms with Crippen molar-refractivity contribution in [3.63, 3.8) is 0 Å². The van der Waals surface area contributed by atoms with Gasteiger partial charge in [0.05, 0.1) is 25.2 Å². The van der Waals surface area contributed by atoms with Crippen molar-refractivity contribution in [1.82, 2.24) is 9.97 Å². The summed E-state index contributed by atoms with van der Waals surface area (Å²) in [6, 6.07) is 13.3. The van der Waals surface area contributed by atoms with Crippen LogP contribution in [0.5, 0.6) is 23.1 Å². The molecule has 1 unspecified atom stereocenters. The van der Waals surface area contributed by atoms with Crippen molar-refractivity contribution in [1.29, 1.82) is 0 Å². The van der Waals surface area contributed by atoms with Crippen LogP contribution in [0.3, 0.4) is 0 Å². The standard InChI is InChI=1S/C27H35N3O8S/c1-18(32)36-16-14-23-28-25(30-39(33,34)20-12-10-19(11-13-20)27(2,3)4)24(26(29-23)37-17-15-31)38-22-9-7-6-8-21(22)35-5/h6-13,18,31-32H,14-17H2,1-5H3,(H,28,29,30). The minimum Gasteiger partial charge on any atom is -0.493 e. The number of ether oxygens (including phenoxy) is 4. The van der Waals surface area contributed by atoms with Crippen LogP contribution in [0.1, 0.15) is 39.1 Å². The third kappa shape index (κ3) is 8.27. The van der Waals surface area contributed by atoms with Gasteiger partial charge < -0.3 is 29.2 Å². The molecule has 2 aromatic carbocycles. The average Bonchev–Trinajstić information content (AvgIpc) is 2.88. The number of nitrogens with one attached hydrogen (secondary N) is 1. The predicted octanol–water partition coefficient (Wildman–Crippen LogP) is 3.64. The van der Waals surface area contributed by atoms with Gasteiger partial charge in [0.2, 0.25) is 5.75 Å². The Bertz CT molecular complexity index is 1340. The van der Waals surface area contributed by atoms with Gasteiger partial charge in [0, 0.05) is 6.42 Å². The van der Waals surface area contributed by atoms with E-state index in [-0.39, 0.29) is 65.6 Å². The fraction of sp³-hybridized carbons (Fsp3) is 0.407. The molecule has 0 saturated carbocycles. The number of hydrogen-bond acceptors (Lipinski definition) is 10. The summed E-state index contributed by atoms with van der Waals surface area (Å²) in [6.07, 6.45) is -0.873. The number of benzene rings is 2. The molecule has 12 heteroatoms. The maximum atomic E-state index is 13.4. The van der Waals surface area contributed by atoms with Crippen LogP contribution in [0, 0.1) is 0 Å². The van der Waals surface area contributed by atoms with Gasteiger partial charge in [0.25, 0.3) is 15.9 Å². The zero-order valence-corrected chi connectivity index (χ0v) is 23.5. The molecule has 3 aromatic rings. The quantitative estimate of drug-likeness (QED) is 0.264. The first-order chi connectivity index (χ1) is 18.4. The van der Waals surface area contributed by atoms with Gasteiger partial charge in [-0.2, -0.15) is 4.98 Å². The first-order valence-corrected chi connectivity index (χ1v) is 13.8. The van der Waals surface area contributed by atoms with Crippen molar-refractivity contribution in [2.45, 2.75) is 50.7 Å². The Hall–Kier alpha value is -3.45. The zero-order valence-electron chi connectivity index (χ0n) is 22.7. The molecule has 0 aliphatic carbocycles. The average molecular weight is 562 g/mol. The minimum atomic E-state index is -4.12. The van der Waals surface area contributed by atoms with E-state index in [0.717, 1.165) is 5.56 Å². The number of aromatic nitrogens is 2. The maximum Gasteiger partial charge on any atom is 0.263 e. The third-order valence-electron chi connectivity index (χ3n) is 5.44. The summed E-state index contributed by atoms with van der Waals surface area (Å²) in [5.41, 5.74) is 0.823.